The van der Waals surface area contributed by atoms with Crippen molar-refractivity contribution in [3.63, 3.8) is 0 Å². The largest absolute Gasteiger partial charge is 0.507 e. The summed E-state index contributed by atoms with van der Waals surface area (Å²) in [6.07, 6.45) is 2.69. The van der Waals surface area contributed by atoms with Gasteiger partial charge in [-0.05, 0) is 39.8 Å². The number of hydrogen-bond acceptors (Lipinski definition) is 9. The molecule has 4 atom stereocenters. The maximum atomic E-state index is 10.9. The highest BCUT2D eigenvalue weighted by Crippen LogP contribution is 2.37. The van der Waals surface area contributed by atoms with Gasteiger partial charge in [-0.1, -0.05) is 0 Å². The van der Waals surface area contributed by atoms with E-state index in [1.165, 1.54) is 24.3 Å². The Kier molecular flexibility index (Phi) is 7.73. The third-order valence-corrected chi connectivity index (χ3v) is 4.34. The Balaban J connectivity index is 2.43. The molecule has 0 aromatic rings. The fraction of sp³-hybridized carbons (Fsp3) is 0.600. The van der Waals surface area contributed by atoms with Crippen LogP contribution in [0.4, 0.5) is 0 Å². The summed E-state index contributed by atoms with van der Waals surface area (Å²) in [5.41, 5.74) is 0. The van der Waals surface area contributed by atoms with Gasteiger partial charge in [0.15, 0.2) is 11.5 Å². The molecule has 0 saturated carbocycles. The van der Waals surface area contributed by atoms with Crippen molar-refractivity contribution < 1.29 is 44.1 Å². The van der Waals surface area contributed by atoms with Gasteiger partial charge in [0.25, 0.3) is 11.6 Å². The van der Waals surface area contributed by atoms with E-state index >= 15 is 0 Å². The normalized spacial score (nSPS) is 32.1. The Morgan fingerprint density at radius 3 is 1.41 bits per heavy atom. The highest BCUT2D eigenvalue weighted by atomic mass is 16.7. The molecule has 0 heterocycles. The third kappa shape index (κ3) is 4.76. The maximum Gasteiger partial charge on any atom is 0.256 e. The number of rotatable bonds is 10. The van der Waals surface area contributed by atoms with Gasteiger partial charge < -0.3 is 44.1 Å². The van der Waals surface area contributed by atoms with Gasteiger partial charge in [0.2, 0.25) is 0 Å². The number of aliphatic hydroxyl groups excluding tert-OH is 2. The molecule has 4 unspecified atom stereocenters. The van der Waals surface area contributed by atoms with Crippen molar-refractivity contribution in [3.05, 3.63) is 47.3 Å². The Labute approximate surface area is 170 Å². The van der Waals surface area contributed by atoms with Crippen molar-refractivity contribution >= 4 is 0 Å². The fourth-order valence-electron chi connectivity index (χ4n) is 3.07. The molecule has 0 saturated heterocycles. The van der Waals surface area contributed by atoms with Crippen molar-refractivity contribution in [2.24, 2.45) is 0 Å². The van der Waals surface area contributed by atoms with Crippen molar-refractivity contribution in [2.75, 3.05) is 26.4 Å². The van der Waals surface area contributed by atoms with Crippen LogP contribution in [0.2, 0.25) is 0 Å². The first-order valence-corrected chi connectivity index (χ1v) is 9.64. The zero-order valence-electron chi connectivity index (χ0n) is 17.1. The second kappa shape index (κ2) is 9.64. The summed E-state index contributed by atoms with van der Waals surface area (Å²) in [4.78, 5) is 0. The van der Waals surface area contributed by atoms with Crippen LogP contribution in [0, 0.1) is 0 Å². The molecule has 2 aliphatic rings. The zero-order valence-corrected chi connectivity index (χ0v) is 17.1. The lowest BCUT2D eigenvalue weighted by atomic mass is 9.97. The summed E-state index contributed by atoms with van der Waals surface area (Å²) in [7, 11) is 0. The van der Waals surface area contributed by atoms with Gasteiger partial charge in [0.05, 0.1) is 13.2 Å². The average Bonchev–Trinajstić information content (AvgIpc) is 2.65. The number of allylic oxidation sites excluding steroid dienone is 2. The standard InChI is InChI=1S/C20H30O9/c1-5-25-13-9-15(21)19(23,27-7-3)17(11-13)29-18-12-14(26-6-2)10-16(22)20(18,24)28-8-4/h9-12,17-18,21-24H,5-8H2,1-4H3. The lowest BCUT2D eigenvalue weighted by Gasteiger charge is -2.41. The van der Waals surface area contributed by atoms with E-state index in [9.17, 15) is 20.4 Å². The smallest absolute Gasteiger partial charge is 0.256 e. The van der Waals surface area contributed by atoms with Crippen molar-refractivity contribution in [1.29, 1.82) is 0 Å². The Morgan fingerprint density at radius 2 is 1.10 bits per heavy atom. The molecule has 29 heavy (non-hydrogen) atoms. The van der Waals surface area contributed by atoms with E-state index in [2.05, 4.69) is 0 Å². The molecule has 2 aliphatic carbocycles. The van der Waals surface area contributed by atoms with Crippen LogP contribution in [-0.2, 0) is 23.7 Å². The minimum atomic E-state index is -2.22. The molecule has 9 heteroatoms. The van der Waals surface area contributed by atoms with Crippen LogP contribution in [-0.4, -0.2) is 70.6 Å². The summed E-state index contributed by atoms with van der Waals surface area (Å²) in [5.74, 6) is -4.97. The number of hydrogen-bond donors (Lipinski definition) is 4. The second-order valence-electron chi connectivity index (χ2n) is 6.30. The molecule has 0 fully saturated rings. The highest BCUT2D eigenvalue weighted by molar-refractivity contribution is 5.32. The average molecular weight is 414 g/mol. The molecule has 9 nitrogen and oxygen atoms in total. The van der Waals surface area contributed by atoms with Gasteiger partial charge >= 0.3 is 0 Å². The van der Waals surface area contributed by atoms with Crippen LogP contribution >= 0.6 is 0 Å². The molecule has 0 bridgehead atoms. The van der Waals surface area contributed by atoms with E-state index in [0.29, 0.717) is 13.2 Å². The summed E-state index contributed by atoms with van der Waals surface area (Å²) in [6.45, 7) is 7.58. The van der Waals surface area contributed by atoms with Gasteiger partial charge in [0.1, 0.15) is 23.7 Å². The molecule has 0 aromatic heterocycles. The Morgan fingerprint density at radius 1 is 0.724 bits per heavy atom. The zero-order chi connectivity index (χ0) is 21.7. The number of ether oxygens (including phenoxy) is 5. The Hall–Kier alpha value is -2.04. The van der Waals surface area contributed by atoms with E-state index in [1.54, 1.807) is 27.7 Å². The molecular weight excluding hydrogens is 384 g/mol. The highest BCUT2D eigenvalue weighted by Gasteiger charge is 2.51. The minimum Gasteiger partial charge on any atom is -0.507 e. The molecule has 0 radical (unpaired) electrons. The van der Waals surface area contributed by atoms with Crippen LogP contribution in [0.3, 0.4) is 0 Å². The predicted molar refractivity (Wildman–Crippen MR) is 103 cm³/mol. The molecule has 4 N–H and O–H groups in total. The van der Waals surface area contributed by atoms with E-state index < -0.39 is 35.3 Å². The third-order valence-electron chi connectivity index (χ3n) is 4.34. The number of aliphatic hydroxyl groups is 4. The van der Waals surface area contributed by atoms with E-state index in [-0.39, 0.29) is 24.7 Å². The molecule has 164 valence electrons. The first-order valence-electron chi connectivity index (χ1n) is 9.64. The second-order valence-corrected chi connectivity index (χ2v) is 6.30. The maximum absolute atomic E-state index is 10.9. The Bertz CT molecular complexity index is 638. The van der Waals surface area contributed by atoms with Crippen LogP contribution in [0.15, 0.2) is 47.3 Å². The van der Waals surface area contributed by atoms with Gasteiger partial charge in [-0.15, -0.1) is 0 Å². The SMILES string of the molecule is CCOC1=CC(OC2C=C(OCC)C=C(O)C2(O)OCC)C(O)(OCC)C(O)=C1. The molecule has 0 aromatic carbocycles. The van der Waals surface area contributed by atoms with Gasteiger partial charge in [0, 0.05) is 25.4 Å². The van der Waals surface area contributed by atoms with Crippen LogP contribution in [0.1, 0.15) is 27.7 Å². The summed E-state index contributed by atoms with van der Waals surface area (Å²) in [5, 5.41) is 42.6. The fourth-order valence-corrected chi connectivity index (χ4v) is 3.07. The monoisotopic (exact) mass is 414 g/mol. The van der Waals surface area contributed by atoms with Gasteiger partial charge in [-0.2, -0.15) is 0 Å². The van der Waals surface area contributed by atoms with Crippen molar-refractivity contribution in [3.8, 4) is 0 Å². The first kappa shape index (κ1) is 23.2. The topological polar surface area (TPSA) is 127 Å². The molecule has 2 rings (SSSR count). The van der Waals surface area contributed by atoms with E-state index in [0.717, 1.165) is 0 Å². The molecule has 0 amide bonds. The molecule has 0 spiro atoms. The minimum absolute atomic E-state index is 0.0671. The van der Waals surface area contributed by atoms with E-state index in [1.807, 2.05) is 0 Å². The van der Waals surface area contributed by atoms with Crippen molar-refractivity contribution in [2.45, 2.75) is 51.5 Å². The summed E-state index contributed by atoms with van der Waals surface area (Å²) >= 11 is 0. The summed E-state index contributed by atoms with van der Waals surface area (Å²) in [6, 6.07) is 0. The first-order chi connectivity index (χ1) is 13.7. The lowest BCUT2D eigenvalue weighted by molar-refractivity contribution is -0.293. The quantitative estimate of drug-likeness (QED) is 0.397. The molecular formula is C20H30O9. The lowest BCUT2D eigenvalue weighted by Crippen LogP contribution is -2.55. The summed E-state index contributed by atoms with van der Waals surface area (Å²) < 4.78 is 27.4. The van der Waals surface area contributed by atoms with Gasteiger partial charge in [-0.3, -0.25) is 0 Å². The predicted octanol–water partition coefficient (Wildman–Crippen LogP) is 1.94. The molecule has 0 aliphatic heterocycles. The van der Waals surface area contributed by atoms with Crippen LogP contribution in [0.5, 0.6) is 0 Å². The van der Waals surface area contributed by atoms with E-state index in [4.69, 9.17) is 23.7 Å². The van der Waals surface area contributed by atoms with Gasteiger partial charge in [-0.25, -0.2) is 0 Å². The van der Waals surface area contributed by atoms with Crippen LogP contribution in [0.25, 0.3) is 0 Å². The van der Waals surface area contributed by atoms with Crippen molar-refractivity contribution in [1.82, 2.24) is 0 Å². The van der Waals surface area contributed by atoms with Crippen LogP contribution < -0.4 is 0 Å².